The lowest BCUT2D eigenvalue weighted by atomic mass is 10.2. The van der Waals surface area contributed by atoms with Crippen LogP contribution in [0.5, 0.6) is 11.5 Å². The molecule has 1 aromatic heterocycles. The van der Waals surface area contributed by atoms with Crippen LogP contribution in [-0.2, 0) is 11.4 Å². The van der Waals surface area contributed by atoms with Gasteiger partial charge in [0.15, 0.2) is 11.5 Å². The Hall–Kier alpha value is -2.51. The van der Waals surface area contributed by atoms with Crippen molar-refractivity contribution < 1.29 is 14.3 Å². The number of amides is 1. The van der Waals surface area contributed by atoms with Gasteiger partial charge in [0.2, 0.25) is 5.91 Å². The summed E-state index contributed by atoms with van der Waals surface area (Å²) in [5, 5.41) is 2.92. The zero-order chi connectivity index (χ0) is 20.6. The Bertz CT molecular complexity index is 983. The van der Waals surface area contributed by atoms with Crippen LogP contribution >= 0.6 is 27.7 Å². The highest BCUT2D eigenvalue weighted by molar-refractivity contribution is 9.10. The SMILES string of the molecule is COc1ccc(NC(=O)CSc2ccc(Br)cc2C)cc1OCc1cccnc1. The Morgan fingerprint density at radius 1 is 1.17 bits per heavy atom. The lowest BCUT2D eigenvalue weighted by Crippen LogP contribution is -2.14. The minimum atomic E-state index is -0.0827. The molecular formula is C22H21BrN2O3S. The van der Waals surface area contributed by atoms with Gasteiger partial charge < -0.3 is 14.8 Å². The van der Waals surface area contributed by atoms with E-state index in [0.29, 0.717) is 29.5 Å². The maximum Gasteiger partial charge on any atom is 0.234 e. The van der Waals surface area contributed by atoms with Crippen LogP contribution in [0.25, 0.3) is 0 Å². The van der Waals surface area contributed by atoms with Crippen molar-refractivity contribution in [1.82, 2.24) is 4.98 Å². The van der Waals surface area contributed by atoms with Crippen molar-refractivity contribution in [3.05, 3.63) is 76.5 Å². The minimum absolute atomic E-state index is 0.0827. The van der Waals surface area contributed by atoms with E-state index in [4.69, 9.17) is 9.47 Å². The summed E-state index contributed by atoms with van der Waals surface area (Å²) in [6.07, 6.45) is 3.47. The third kappa shape index (κ3) is 6.24. The van der Waals surface area contributed by atoms with Gasteiger partial charge in [0.25, 0.3) is 0 Å². The number of aromatic nitrogens is 1. The molecule has 150 valence electrons. The van der Waals surface area contributed by atoms with Crippen LogP contribution in [0.3, 0.4) is 0 Å². The number of anilines is 1. The van der Waals surface area contributed by atoms with E-state index in [0.717, 1.165) is 20.5 Å². The van der Waals surface area contributed by atoms with E-state index in [1.54, 1.807) is 37.7 Å². The van der Waals surface area contributed by atoms with Crippen molar-refractivity contribution in [2.24, 2.45) is 0 Å². The van der Waals surface area contributed by atoms with Gasteiger partial charge in [-0.05, 0) is 48.9 Å². The van der Waals surface area contributed by atoms with Crippen molar-refractivity contribution >= 4 is 39.3 Å². The maximum atomic E-state index is 12.4. The summed E-state index contributed by atoms with van der Waals surface area (Å²) >= 11 is 4.96. The number of benzene rings is 2. The Morgan fingerprint density at radius 2 is 2.03 bits per heavy atom. The van der Waals surface area contributed by atoms with E-state index in [1.165, 1.54) is 11.8 Å². The Labute approximate surface area is 183 Å². The van der Waals surface area contributed by atoms with E-state index in [9.17, 15) is 4.79 Å². The highest BCUT2D eigenvalue weighted by atomic mass is 79.9. The van der Waals surface area contributed by atoms with E-state index in [2.05, 4.69) is 26.2 Å². The fraction of sp³-hybridized carbons (Fsp3) is 0.182. The van der Waals surface area contributed by atoms with Crippen molar-refractivity contribution in [1.29, 1.82) is 0 Å². The summed E-state index contributed by atoms with van der Waals surface area (Å²) in [7, 11) is 1.59. The fourth-order valence-electron chi connectivity index (χ4n) is 2.63. The molecule has 1 amide bonds. The molecule has 29 heavy (non-hydrogen) atoms. The zero-order valence-electron chi connectivity index (χ0n) is 16.1. The van der Waals surface area contributed by atoms with Crippen LogP contribution in [0.1, 0.15) is 11.1 Å². The normalized spacial score (nSPS) is 10.4. The molecule has 0 fully saturated rings. The van der Waals surface area contributed by atoms with Crippen molar-refractivity contribution in [2.75, 3.05) is 18.2 Å². The lowest BCUT2D eigenvalue weighted by Gasteiger charge is -2.13. The number of rotatable bonds is 8. The van der Waals surface area contributed by atoms with Gasteiger partial charge in [0.1, 0.15) is 6.61 Å². The van der Waals surface area contributed by atoms with Gasteiger partial charge in [0.05, 0.1) is 12.9 Å². The second kappa shape index (κ2) is 10.3. The number of hydrogen-bond acceptors (Lipinski definition) is 5. The van der Waals surface area contributed by atoms with Gasteiger partial charge in [-0.3, -0.25) is 9.78 Å². The van der Waals surface area contributed by atoms with Gasteiger partial charge in [0, 0.05) is 39.1 Å². The Morgan fingerprint density at radius 3 is 2.76 bits per heavy atom. The van der Waals surface area contributed by atoms with Crippen molar-refractivity contribution in [3.63, 3.8) is 0 Å². The standard InChI is InChI=1S/C22H21BrN2O3S/c1-15-10-17(23)5-8-21(15)29-14-22(26)25-18-6-7-19(27-2)20(11-18)28-13-16-4-3-9-24-12-16/h3-12H,13-14H2,1-2H3,(H,25,26). The van der Waals surface area contributed by atoms with Gasteiger partial charge in [-0.1, -0.05) is 22.0 Å². The number of nitrogens with zero attached hydrogens (tertiary/aromatic N) is 1. The molecular weight excluding hydrogens is 452 g/mol. The number of thioether (sulfide) groups is 1. The first-order chi connectivity index (χ1) is 14.0. The molecule has 0 radical (unpaired) electrons. The highest BCUT2D eigenvalue weighted by Gasteiger charge is 2.10. The van der Waals surface area contributed by atoms with Crippen LogP contribution in [0.2, 0.25) is 0 Å². The summed E-state index contributed by atoms with van der Waals surface area (Å²) in [6.45, 7) is 2.39. The molecule has 0 unspecified atom stereocenters. The summed E-state index contributed by atoms with van der Waals surface area (Å²) < 4.78 is 12.3. The molecule has 5 nitrogen and oxygen atoms in total. The third-order valence-electron chi connectivity index (χ3n) is 4.06. The fourth-order valence-corrected chi connectivity index (χ4v) is 3.91. The first-order valence-corrected chi connectivity index (χ1v) is 10.7. The first-order valence-electron chi connectivity index (χ1n) is 8.93. The van der Waals surface area contributed by atoms with E-state index >= 15 is 0 Å². The number of hydrogen-bond donors (Lipinski definition) is 1. The first kappa shape index (κ1) is 21.2. The van der Waals surface area contributed by atoms with Crippen LogP contribution < -0.4 is 14.8 Å². The molecule has 3 aromatic rings. The van der Waals surface area contributed by atoms with E-state index in [-0.39, 0.29) is 5.91 Å². The Kier molecular flexibility index (Phi) is 7.55. The smallest absolute Gasteiger partial charge is 0.234 e. The van der Waals surface area contributed by atoms with Crippen molar-refractivity contribution in [2.45, 2.75) is 18.4 Å². The minimum Gasteiger partial charge on any atom is -0.493 e. The van der Waals surface area contributed by atoms with E-state index < -0.39 is 0 Å². The Balaban J connectivity index is 1.61. The predicted octanol–water partition coefficient (Wildman–Crippen LogP) is 5.47. The molecule has 0 saturated carbocycles. The number of halogens is 1. The van der Waals surface area contributed by atoms with Gasteiger partial charge in [-0.15, -0.1) is 11.8 Å². The molecule has 0 atom stereocenters. The average molecular weight is 473 g/mol. The second-order valence-corrected chi connectivity index (χ2v) is 8.20. The zero-order valence-corrected chi connectivity index (χ0v) is 18.5. The molecule has 0 aliphatic carbocycles. The van der Waals surface area contributed by atoms with Crippen molar-refractivity contribution in [3.8, 4) is 11.5 Å². The van der Waals surface area contributed by atoms with Crippen LogP contribution in [0, 0.1) is 6.92 Å². The molecule has 0 spiro atoms. The molecule has 3 rings (SSSR count). The predicted molar refractivity (Wildman–Crippen MR) is 120 cm³/mol. The number of carbonyl (C=O) groups is 1. The monoisotopic (exact) mass is 472 g/mol. The molecule has 0 aliphatic heterocycles. The van der Waals surface area contributed by atoms with E-state index in [1.807, 2.05) is 37.3 Å². The summed E-state index contributed by atoms with van der Waals surface area (Å²) in [6, 6.07) is 15.2. The molecule has 2 aromatic carbocycles. The van der Waals surface area contributed by atoms with Gasteiger partial charge in [-0.2, -0.15) is 0 Å². The molecule has 0 bridgehead atoms. The number of methoxy groups -OCH3 is 1. The molecule has 1 heterocycles. The highest BCUT2D eigenvalue weighted by Crippen LogP contribution is 2.31. The molecule has 0 saturated heterocycles. The van der Waals surface area contributed by atoms with Crippen LogP contribution in [0.4, 0.5) is 5.69 Å². The lowest BCUT2D eigenvalue weighted by molar-refractivity contribution is -0.113. The summed E-state index contributed by atoms with van der Waals surface area (Å²) in [5.74, 6) is 1.40. The quantitative estimate of drug-likeness (QED) is 0.440. The van der Waals surface area contributed by atoms with Gasteiger partial charge >= 0.3 is 0 Å². The summed E-state index contributed by atoms with van der Waals surface area (Å²) in [4.78, 5) is 17.5. The molecule has 0 aliphatic rings. The number of nitrogens with one attached hydrogen (secondary N) is 1. The number of carbonyl (C=O) groups excluding carboxylic acids is 1. The average Bonchev–Trinajstić information content (AvgIpc) is 2.72. The maximum absolute atomic E-state index is 12.4. The number of pyridine rings is 1. The topological polar surface area (TPSA) is 60.5 Å². The molecule has 7 heteroatoms. The van der Waals surface area contributed by atoms with Gasteiger partial charge in [-0.25, -0.2) is 0 Å². The van der Waals surface area contributed by atoms with Crippen LogP contribution in [-0.4, -0.2) is 23.8 Å². The van der Waals surface area contributed by atoms with Crippen LogP contribution in [0.15, 0.2) is 70.3 Å². The number of aryl methyl sites for hydroxylation is 1. The largest absolute Gasteiger partial charge is 0.493 e. The number of ether oxygens (including phenoxy) is 2. The molecule has 1 N–H and O–H groups in total. The second-order valence-electron chi connectivity index (χ2n) is 6.26. The summed E-state index contributed by atoms with van der Waals surface area (Å²) in [5.41, 5.74) is 2.74. The third-order valence-corrected chi connectivity index (χ3v) is 5.73.